The highest BCUT2D eigenvalue weighted by Crippen LogP contribution is 2.15. The maximum atomic E-state index is 13.7. The molecule has 142 valence electrons. The molecule has 1 fully saturated rings. The Kier molecular flexibility index (Phi) is 9.12. The van der Waals surface area contributed by atoms with Gasteiger partial charge in [-0.25, -0.2) is 9.18 Å². The van der Waals surface area contributed by atoms with Crippen LogP contribution in [0.4, 0.5) is 14.9 Å². The van der Waals surface area contributed by atoms with Gasteiger partial charge in [0.2, 0.25) is 0 Å². The van der Waals surface area contributed by atoms with Gasteiger partial charge in [-0.2, -0.15) is 0 Å². The highest BCUT2D eigenvalue weighted by Gasteiger charge is 2.27. The number of nitrogens with zero attached hydrogens (tertiary/aromatic N) is 2. The number of hydrogen-bond donors (Lipinski definition) is 2. The Balaban J connectivity index is 0.00000169. The molecular formula is C17H21Cl2FN4O2. The molecule has 1 aliphatic heterocycles. The number of amides is 2. The van der Waals surface area contributed by atoms with Gasteiger partial charge in [-0.05, 0) is 24.3 Å². The van der Waals surface area contributed by atoms with E-state index in [1.165, 1.54) is 12.1 Å². The summed E-state index contributed by atoms with van der Waals surface area (Å²) < 4.78 is 19.4. The minimum Gasteiger partial charge on any atom is -0.490 e. The third kappa shape index (κ3) is 5.72. The van der Waals surface area contributed by atoms with E-state index < -0.39 is 5.82 Å². The average molecular weight is 403 g/mol. The SMILES string of the molecule is Cl.Cl.O=C(Nc1ccccc1F)N1CCNCC1COc1cccnc1. The van der Waals surface area contributed by atoms with Gasteiger partial charge < -0.3 is 20.3 Å². The topological polar surface area (TPSA) is 66.5 Å². The monoisotopic (exact) mass is 402 g/mol. The molecule has 1 aliphatic rings. The first-order valence-electron chi connectivity index (χ1n) is 7.80. The number of ether oxygens (including phenoxy) is 1. The molecule has 1 aromatic carbocycles. The van der Waals surface area contributed by atoms with Gasteiger partial charge >= 0.3 is 6.03 Å². The predicted octanol–water partition coefficient (Wildman–Crippen LogP) is 2.95. The van der Waals surface area contributed by atoms with Crippen molar-refractivity contribution < 1.29 is 13.9 Å². The molecule has 2 aromatic rings. The summed E-state index contributed by atoms with van der Waals surface area (Å²) in [7, 11) is 0. The standard InChI is InChI=1S/C17H19FN4O2.2ClH/c18-15-5-1-2-6-16(15)21-17(23)22-9-8-20-10-13(22)12-24-14-4-3-7-19-11-14;;/h1-7,11,13,20H,8-10,12H2,(H,21,23);2*1H. The van der Waals surface area contributed by atoms with E-state index in [1.807, 2.05) is 6.07 Å². The normalized spacial score (nSPS) is 16.0. The van der Waals surface area contributed by atoms with Crippen molar-refractivity contribution >= 4 is 36.5 Å². The summed E-state index contributed by atoms with van der Waals surface area (Å²) in [5, 5.41) is 5.86. The van der Waals surface area contributed by atoms with Gasteiger partial charge in [-0.1, -0.05) is 12.1 Å². The second-order valence-corrected chi connectivity index (χ2v) is 5.46. The number of carbonyl (C=O) groups is 1. The molecule has 2 heterocycles. The van der Waals surface area contributed by atoms with E-state index in [0.29, 0.717) is 32.0 Å². The van der Waals surface area contributed by atoms with E-state index in [9.17, 15) is 9.18 Å². The molecule has 0 aliphatic carbocycles. The number of piperazine rings is 1. The minimum atomic E-state index is -0.454. The lowest BCUT2D eigenvalue weighted by atomic mass is 10.2. The molecule has 2 N–H and O–H groups in total. The van der Waals surface area contributed by atoms with E-state index in [4.69, 9.17) is 4.74 Å². The molecule has 1 aromatic heterocycles. The highest BCUT2D eigenvalue weighted by molar-refractivity contribution is 5.89. The van der Waals surface area contributed by atoms with Crippen LogP contribution in [0.1, 0.15) is 0 Å². The van der Waals surface area contributed by atoms with E-state index in [0.717, 1.165) is 0 Å². The van der Waals surface area contributed by atoms with E-state index in [1.54, 1.807) is 35.5 Å². The molecule has 3 rings (SSSR count). The summed E-state index contributed by atoms with van der Waals surface area (Å²) in [6, 6.07) is 9.24. The molecule has 0 saturated carbocycles. The summed E-state index contributed by atoms with van der Waals surface area (Å²) in [6.45, 7) is 2.17. The molecule has 0 radical (unpaired) electrons. The van der Waals surface area contributed by atoms with Crippen LogP contribution in [-0.2, 0) is 0 Å². The molecular weight excluding hydrogens is 382 g/mol. The van der Waals surface area contributed by atoms with Gasteiger partial charge in [0.25, 0.3) is 0 Å². The Morgan fingerprint density at radius 1 is 1.31 bits per heavy atom. The lowest BCUT2D eigenvalue weighted by molar-refractivity contribution is 0.132. The van der Waals surface area contributed by atoms with Crippen LogP contribution in [0.3, 0.4) is 0 Å². The molecule has 1 atom stereocenters. The van der Waals surface area contributed by atoms with Crippen LogP contribution in [0.15, 0.2) is 48.8 Å². The first kappa shape index (κ1) is 22.0. The zero-order chi connectivity index (χ0) is 16.8. The number of benzene rings is 1. The number of halogens is 3. The van der Waals surface area contributed by atoms with E-state index in [-0.39, 0.29) is 42.6 Å². The zero-order valence-electron chi connectivity index (χ0n) is 13.9. The highest BCUT2D eigenvalue weighted by atomic mass is 35.5. The van der Waals surface area contributed by atoms with Crippen molar-refractivity contribution in [1.82, 2.24) is 15.2 Å². The van der Waals surface area contributed by atoms with Crippen LogP contribution in [0.2, 0.25) is 0 Å². The van der Waals surface area contributed by atoms with Crippen LogP contribution in [0.25, 0.3) is 0 Å². The number of hydrogen-bond acceptors (Lipinski definition) is 4. The van der Waals surface area contributed by atoms with Crippen molar-refractivity contribution in [2.24, 2.45) is 0 Å². The molecule has 26 heavy (non-hydrogen) atoms. The largest absolute Gasteiger partial charge is 0.490 e. The number of carbonyl (C=O) groups excluding carboxylic acids is 1. The Labute approximate surface area is 163 Å². The summed E-state index contributed by atoms with van der Waals surface area (Å²) >= 11 is 0. The molecule has 0 spiro atoms. The summed E-state index contributed by atoms with van der Waals surface area (Å²) in [4.78, 5) is 18.2. The maximum absolute atomic E-state index is 13.7. The van der Waals surface area contributed by atoms with Crippen molar-refractivity contribution in [3.8, 4) is 5.75 Å². The van der Waals surface area contributed by atoms with Gasteiger partial charge in [-0.15, -0.1) is 24.8 Å². The van der Waals surface area contributed by atoms with Gasteiger partial charge in [-0.3, -0.25) is 4.98 Å². The summed E-state index contributed by atoms with van der Waals surface area (Å²) in [6.07, 6.45) is 3.29. The fraction of sp³-hybridized carbons (Fsp3) is 0.294. The number of nitrogens with one attached hydrogen (secondary N) is 2. The fourth-order valence-corrected chi connectivity index (χ4v) is 2.55. The number of urea groups is 1. The smallest absolute Gasteiger partial charge is 0.322 e. The molecule has 0 bridgehead atoms. The Bertz CT molecular complexity index is 693. The van der Waals surface area contributed by atoms with Crippen molar-refractivity contribution in [2.45, 2.75) is 6.04 Å². The second-order valence-electron chi connectivity index (χ2n) is 5.46. The van der Waals surface area contributed by atoms with Crippen LogP contribution < -0.4 is 15.4 Å². The second kappa shape index (κ2) is 10.8. The first-order chi connectivity index (χ1) is 11.7. The van der Waals surface area contributed by atoms with E-state index in [2.05, 4.69) is 15.6 Å². The van der Waals surface area contributed by atoms with Gasteiger partial charge in [0.1, 0.15) is 18.2 Å². The first-order valence-corrected chi connectivity index (χ1v) is 7.80. The van der Waals surface area contributed by atoms with Crippen molar-refractivity contribution in [3.63, 3.8) is 0 Å². The summed E-state index contributed by atoms with van der Waals surface area (Å²) in [5.74, 6) is 0.196. The number of aromatic nitrogens is 1. The molecule has 2 amide bonds. The van der Waals surface area contributed by atoms with Crippen LogP contribution >= 0.6 is 24.8 Å². The zero-order valence-corrected chi connectivity index (χ0v) is 15.6. The Hall–Kier alpha value is -2.09. The van der Waals surface area contributed by atoms with Crippen molar-refractivity contribution in [1.29, 1.82) is 0 Å². The lowest BCUT2D eigenvalue weighted by Crippen LogP contribution is -2.57. The molecule has 9 heteroatoms. The fourth-order valence-electron chi connectivity index (χ4n) is 2.55. The molecule has 6 nitrogen and oxygen atoms in total. The third-order valence-electron chi connectivity index (χ3n) is 3.80. The third-order valence-corrected chi connectivity index (χ3v) is 3.80. The molecule has 1 saturated heterocycles. The van der Waals surface area contributed by atoms with Gasteiger partial charge in [0, 0.05) is 25.8 Å². The maximum Gasteiger partial charge on any atom is 0.322 e. The lowest BCUT2D eigenvalue weighted by Gasteiger charge is -2.35. The van der Waals surface area contributed by atoms with Gasteiger partial charge in [0.15, 0.2) is 0 Å². The quantitative estimate of drug-likeness (QED) is 0.824. The minimum absolute atomic E-state index is 0. The number of rotatable bonds is 4. The van der Waals surface area contributed by atoms with Crippen molar-refractivity contribution in [3.05, 3.63) is 54.6 Å². The summed E-state index contributed by atoms with van der Waals surface area (Å²) in [5.41, 5.74) is 0.174. The van der Waals surface area contributed by atoms with Crippen LogP contribution in [0, 0.1) is 5.82 Å². The van der Waals surface area contributed by atoms with E-state index >= 15 is 0 Å². The molecule has 1 unspecified atom stereocenters. The van der Waals surface area contributed by atoms with Crippen molar-refractivity contribution in [2.75, 3.05) is 31.6 Å². The number of para-hydroxylation sites is 1. The van der Waals surface area contributed by atoms with Crippen LogP contribution in [-0.4, -0.2) is 48.2 Å². The van der Waals surface area contributed by atoms with Gasteiger partial charge in [0.05, 0.1) is 17.9 Å². The number of anilines is 1. The number of pyridine rings is 1. The predicted molar refractivity (Wildman–Crippen MR) is 103 cm³/mol. The van der Waals surface area contributed by atoms with Crippen LogP contribution in [0.5, 0.6) is 5.75 Å². The average Bonchev–Trinajstić information content (AvgIpc) is 2.63. The Morgan fingerprint density at radius 3 is 2.85 bits per heavy atom. The Morgan fingerprint density at radius 2 is 2.12 bits per heavy atom.